The Balaban J connectivity index is 4.35. The Bertz CT molecular complexity index is 458. The minimum atomic E-state index is -0.884. The Kier molecular flexibility index (Phi) is 10.1. The molecule has 0 aliphatic carbocycles. The monoisotopic (exact) mass is 308 g/mol. The average molecular weight is 308 g/mol. The number of hydrogen-bond donors (Lipinski definition) is 1. The van der Waals surface area contributed by atoms with E-state index in [0.29, 0.717) is 12.0 Å². The molecule has 0 saturated heterocycles. The topological polar surface area (TPSA) is 63.6 Å². The lowest BCUT2D eigenvalue weighted by molar-refractivity contribution is -0.151. The average Bonchev–Trinajstić information content (AvgIpc) is 2.44. The summed E-state index contributed by atoms with van der Waals surface area (Å²) in [5.41, 5.74) is 2.83. The van der Waals surface area contributed by atoms with Gasteiger partial charge in [-0.15, -0.1) is 6.58 Å². The van der Waals surface area contributed by atoms with E-state index in [2.05, 4.69) is 17.4 Å². The summed E-state index contributed by atoms with van der Waals surface area (Å²) in [5.74, 6) is -1.61. The maximum absolute atomic E-state index is 11.5. The highest BCUT2D eigenvalue weighted by atomic mass is 16.5. The maximum atomic E-state index is 11.5. The van der Waals surface area contributed by atoms with Crippen LogP contribution in [0.2, 0.25) is 0 Å². The number of esters is 1. The fraction of sp³-hybridized carbons (Fsp3) is 0.556. The summed E-state index contributed by atoms with van der Waals surface area (Å²) in [5, 5.41) is 10.0. The molecule has 0 bridgehead atoms. The van der Waals surface area contributed by atoms with Crippen LogP contribution in [-0.4, -0.2) is 29.6 Å². The largest absolute Gasteiger partial charge is 0.460 e. The molecule has 1 unspecified atom stereocenters. The van der Waals surface area contributed by atoms with Gasteiger partial charge in [0.2, 0.25) is 0 Å². The second-order valence-electron chi connectivity index (χ2n) is 5.57. The third-order valence-electron chi connectivity index (χ3n) is 3.24. The van der Waals surface area contributed by atoms with E-state index in [0.717, 1.165) is 30.9 Å². The van der Waals surface area contributed by atoms with E-state index in [9.17, 15) is 14.7 Å². The second kappa shape index (κ2) is 11.0. The van der Waals surface area contributed by atoms with Gasteiger partial charge in [0.25, 0.3) is 5.78 Å². The second-order valence-corrected chi connectivity index (χ2v) is 5.57. The van der Waals surface area contributed by atoms with Crippen LogP contribution in [0.5, 0.6) is 0 Å². The number of carbonyl (C=O) groups is 2. The molecule has 0 aromatic carbocycles. The predicted octanol–water partition coefficient (Wildman–Crippen LogP) is 3.51. The van der Waals surface area contributed by atoms with Crippen molar-refractivity contribution in [1.29, 1.82) is 0 Å². The molecule has 0 aliphatic heterocycles. The van der Waals surface area contributed by atoms with Crippen LogP contribution in [-0.2, 0) is 14.3 Å². The van der Waals surface area contributed by atoms with Crippen LogP contribution in [0.25, 0.3) is 0 Å². The first kappa shape index (κ1) is 20.3. The zero-order chi connectivity index (χ0) is 17.1. The number of aliphatic hydroxyl groups is 1. The normalized spacial score (nSPS) is 13.7. The van der Waals surface area contributed by atoms with Crippen LogP contribution < -0.4 is 0 Å². The molecule has 1 atom stereocenters. The number of ketones is 1. The van der Waals surface area contributed by atoms with Crippen LogP contribution >= 0.6 is 0 Å². The summed E-state index contributed by atoms with van der Waals surface area (Å²) in [7, 11) is 0. The summed E-state index contributed by atoms with van der Waals surface area (Å²) in [4.78, 5) is 22.7. The Morgan fingerprint density at radius 2 is 1.86 bits per heavy atom. The van der Waals surface area contributed by atoms with Gasteiger partial charge in [-0.2, -0.15) is 0 Å². The molecular weight excluding hydrogens is 280 g/mol. The summed E-state index contributed by atoms with van der Waals surface area (Å²) >= 11 is 0. The Hall–Kier alpha value is -1.68. The smallest absolute Gasteiger partial charge is 0.379 e. The molecular formula is C18H28O4. The molecule has 4 heteroatoms. The Morgan fingerprint density at radius 1 is 1.23 bits per heavy atom. The number of hydrogen-bond acceptors (Lipinski definition) is 4. The molecule has 1 N–H and O–H groups in total. The molecule has 0 radical (unpaired) electrons. The fourth-order valence-corrected chi connectivity index (χ4v) is 1.82. The minimum Gasteiger partial charge on any atom is -0.460 e. The fourth-order valence-electron chi connectivity index (χ4n) is 1.82. The van der Waals surface area contributed by atoms with E-state index in [1.807, 2.05) is 13.8 Å². The highest BCUT2D eigenvalue weighted by Gasteiger charge is 2.14. The zero-order valence-electron chi connectivity index (χ0n) is 14.1. The standard InChI is InChI=1S/C18H28O4/c1-6-22-18(21)17(20)12-15(5)16(19)11-10-14(4)9-7-8-13(2)3/h9,12,16,19H,2,6-8,10-11H2,1,3-5H3/b14-9+,15-12+. The SMILES string of the molecule is C=C(C)CC/C=C(\C)CCC(O)/C(C)=C/C(=O)C(=O)OCC. The van der Waals surface area contributed by atoms with Crippen molar-refractivity contribution in [1.82, 2.24) is 0 Å². The molecule has 0 aliphatic rings. The van der Waals surface area contributed by atoms with E-state index in [1.54, 1.807) is 13.8 Å². The van der Waals surface area contributed by atoms with Gasteiger partial charge in [0.15, 0.2) is 0 Å². The molecule has 0 aromatic heterocycles. The molecule has 0 saturated carbocycles. The van der Waals surface area contributed by atoms with Crippen molar-refractivity contribution in [3.63, 3.8) is 0 Å². The first-order chi connectivity index (χ1) is 10.3. The van der Waals surface area contributed by atoms with E-state index >= 15 is 0 Å². The molecule has 0 amide bonds. The van der Waals surface area contributed by atoms with E-state index in [1.165, 1.54) is 5.57 Å². The van der Waals surface area contributed by atoms with Gasteiger partial charge in [-0.05, 0) is 65.0 Å². The lowest BCUT2D eigenvalue weighted by Gasteiger charge is -2.11. The number of ether oxygens (including phenoxy) is 1. The van der Waals surface area contributed by atoms with Crippen molar-refractivity contribution in [2.24, 2.45) is 0 Å². The van der Waals surface area contributed by atoms with Crippen molar-refractivity contribution >= 4 is 11.8 Å². The number of rotatable bonds is 10. The third-order valence-corrected chi connectivity index (χ3v) is 3.24. The first-order valence-corrected chi connectivity index (χ1v) is 7.65. The van der Waals surface area contributed by atoms with Gasteiger partial charge in [0, 0.05) is 0 Å². The zero-order valence-corrected chi connectivity index (χ0v) is 14.1. The van der Waals surface area contributed by atoms with Gasteiger partial charge < -0.3 is 9.84 Å². The van der Waals surface area contributed by atoms with Crippen LogP contribution in [0.1, 0.15) is 53.4 Å². The molecule has 0 aromatic rings. The van der Waals surface area contributed by atoms with Gasteiger partial charge in [0.05, 0.1) is 12.7 Å². The maximum Gasteiger partial charge on any atom is 0.379 e. The number of allylic oxidation sites excluding steroid dienone is 3. The van der Waals surface area contributed by atoms with Crippen LogP contribution in [0.3, 0.4) is 0 Å². The van der Waals surface area contributed by atoms with Gasteiger partial charge in [-0.3, -0.25) is 4.79 Å². The molecule has 0 spiro atoms. The lowest BCUT2D eigenvalue weighted by Crippen LogP contribution is -2.17. The Labute approximate surface area is 133 Å². The first-order valence-electron chi connectivity index (χ1n) is 7.65. The third kappa shape index (κ3) is 9.29. The van der Waals surface area contributed by atoms with E-state index < -0.39 is 17.9 Å². The summed E-state index contributed by atoms with van der Waals surface area (Å²) in [6, 6.07) is 0. The van der Waals surface area contributed by atoms with E-state index in [4.69, 9.17) is 0 Å². The van der Waals surface area contributed by atoms with Gasteiger partial charge >= 0.3 is 5.97 Å². The highest BCUT2D eigenvalue weighted by molar-refractivity contribution is 6.38. The summed E-state index contributed by atoms with van der Waals surface area (Å²) in [6.45, 7) is 11.3. The van der Waals surface area contributed by atoms with Gasteiger partial charge in [-0.1, -0.05) is 17.2 Å². The molecule has 0 fully saturated rings. The van der Waals surface area contributed by atoms with E-state index in [-0.39, 0.29) is 6.61 Å². The van der Waals surface area contributed by atoms with Gasteiger partial charge in [-0.25, -0.2) is 4.79 Å². The molecule has 4 nitrogen and oxygen atoms in total. The van der Waals surface area contributed by atoms with Crippen LogP contribution in [0, 0.1) is 0 Å². The van der Waals surface area contributed by atoms with Gasteiger partial charge in [0.1, 0.15) is 0 Å². The van der Waals surface area contributed by atoms with Crippen molar-refractivity contribution in [2.75, 3.05) is 6.61 Å². The van der Waals surface area contributed by atoms with Crippen LogP contribution in [0.15, 0.2) is 35.5 Å². The molecule has 0 rings (SSSR count). The minimum absolute atomic E-state index is 0.161. The summed E-state index contributed by atoms with van der Waals surface area (Å²) in [6.07, 6.45) is 5.75. The summed E-state index contributed by atoms with van der Waals surface area (Å²) < 4.78 is 4.62. The lowest BCUT2D eigenvalue weighted by atomic mass is 10.0. The predicted molar refractivity (Wildman–Crippen MR) is 88.4 cm³/mol. The highest BCUT2D eigenvalue weighted by Crippen LogP contribution is 2.14. The Morgan fingerprint density at radius 3 is 2.41 bits per heavy atom. The number of aliphatic hydroxyl groups excluding tert-OH is 1. The molecule has 124 valence electrons. The van der Waals surface area contributed by atoms with Crippen molar-refractivity contribution in [3.05, 3.63) is 35.5 Å². The van der Waals surface area contributed by atoms with Crippen molar-refractivity contribution < 1.29 is 19.4 Å². The number of carbonyl (C=O) groups excluding carboxylic acids is 2. The van der Waals surface area contributed by atoms with Crippen LogP contribution in [0.4, 0.5) is 0 Å². The van der Waals surface area contributed by atoms with Crippen molar-refractivity contribution in [2.45, 2.75) is 59.5 Å². The molecule has 0 heterocycles. The van der Waals surface area contributed by atoms with Crippen molar-refractivity contribution in [3.8, 4) is 0 Å². The quantitative estimate of drug-likeness (QED) is 0.290. The molecule has 22 heavy (non-hydrogen) atoms.